The summed E-state index contributed by atoms with van der Waals surface area (Å²) in [7, 11) is 1.58. The van der Waals surface area contributed by atoms with Crippen LogP contribution in [-0.2, 0) is 5.75 Å². The molecule has 206 valence electrons. The van der Waals surface area contributed by atoms with Crippen LogP contribution in [0.15, 0.2) is 71.8 Å². The minimum Gasteiger partial charge on any atom is -0.497 e. The van der Waals surface area contributed by atoms with Gasteiger partial charge in [0.05, 0.1) is 44.5 Å². The Labute approximate surface area is 231 Å². The molecule has 0 saturated carbocycles. The van der Waals surface area contributed by atoms with Crippen LogP contribution in [-0.4, -0.2) is 55.9 Å². The summed E-state index contributed by atoms with van der Waals surface area (Å²) in [6.45, 7) is -0.0295. The molecule has 2 amide bonds. The lowest BCUT2D eigenvalue weighted by atomic mass is 10.1. The van der Waals surface area contributed by atoms with Crippen LogP contribution in [0.1, 0.15) is 44.7 Å². The molecule has 0 fully saturated rings. The van der Waals surface area contributed by atoms with E-state index in [2.05, 4.69) is 15.8 Å². The molecule has 0 aromatic heterocycles. The zero-order valence-electron chi connectivity index (χ0n) is 21.7. The molecule has 10 heteroatoms. The van der Waals surface area contributed by atoms with Crippen molar-refractivity contribution in [3.63, 3.8) is 0 Å². The van der Waals surface area contributed by atoms with E-state index in [1.165, 1.54) is 12.3 Å². The summed E-state index contributed by atoms with van der Waals surface area (Å²) in [4.78, 5) is 26.1. The summed E-state index contributed by atoms with van der Waals surface area (Å²) in [5.41, 5.74) is 5.08. The van der Waals surface area contributed by atoms with Crippen LogP contribution < -0.4 is 20.2 Å². The maximum atomic E-state index is 13.1. The maximum Gasteiger partial charge on any atom is 0.273 e. The van der Waals surface area contributed by atoms with Gasteiger partial charge in [-0.2, -0.15) is 16.9 Å². The van der Waals surface area contributed by atoms with Crippen molar-refractivity contribution in [3.05, 3.63) is 89.0 Å². The summed E-state index contributed by atoms with van der Waals surface area (Å²) in [5.74, 6) is 1.47. The van der Waals surface area contributed by atoms with E-state index in [-0.39, 0.29) is 23.8 Å². The lowest BCUT2D eigenvalue weighted by Gasteiger charge is -2.13. The average Bonchev–Trinajstić information content (AvgIpc) is 2.96. The molecule has 3 aromatic rings. The molecule has 0 radical (unpaired) electrons. The van der Waals surface area contributed by atoms with Crippen LogP contribution in [0.25, 0.3) is 0 Å². The highest BCUT2D eigenvalue weighted by Crippen LogP contribution is 2.24. The minimum absolute atomic E-state index is 0.0926. The first-order chi connectivity index (χ1) is 19.0. The monoisotopic (exact) mass is 553 g/mol. The molecule has 8 nitrogen and oxygen atoms in total. The number of rotatable bonds is 15. The number of methoxy groups -OCH3 is 1. The highest BCUT2D eigenvalue weighted by molar-refractivity contribution is 7.98. The number of alkyl halides is 1. The minimum atomic E-state index is -0.543. The first kappa shape index (κ1) is 29.7. The van der Waals surface area contributed by atoms with Crippen molar-refractivity contribution in [2.45, 2.75) is 18.6 Å². The molecular formula is C29H32FN3O5S. The number of nitrogens with zero attached hydrogens (tertiary/aromatic N) is 1. The average molecular weight is 554 g/mol. The third kappa shape index (κ3) is 9.73. The van der Waals surface area contributed by atoms with Crippen LogP contribution in [0.4, 0.5) is 10.1 Å². The lowest BCUT2D eigenvalue weighted by molar-refractivity contribution is 0.0955. The van der Waals surface area contributed by atoms with Gasteiger partial charge in [0.15, 0.2) is 0 Å². The Hall–Kier alpha value is -3.89. The fourth-order valence-electron chi connectivity index (χ4n) is 3.46. The van der Waals surface area contributed by atoms with E-state index in [1.54, 1.807) is 73.5 Å². The van der Waals surface area contributed by atoms with Crippen LogP contribution in [0.2, 0.25) is 0 Å². The number of hydrogen-bond donors (Lipinski definition) is 3. The van der Waals surface area contributed by atoms with Crippen molar-refractivity contribution in [2.24, 2.45) is 5.10 Å². The van der Waals surface area contributed by atoms with Crippen molar-refractivity contribution < 1.29 is 28.6 Å². The van der Waals surface area contributed by atoms with Gasteiger partial charge in [0, 0.05) is 17.1 Å². The van der Waals surface area contributed by atoms with Gasteiger partial charge in [-0.1, -0.05) is 12.1 Å². The molecule has 0 atom stereocenters. The number of anilines is 1. The number of aliphatic hydroxyl groups is 1. The molecule has 3 rings (SSSR count). The van der Waals surface area contributed by atoms with Gasteiger partial charge in [0.25, 0.3) is 11.8 Å². The Morgan fingerprint density at radius 2 is 1.82 bits per heavy atom. The first-order valence-electron chi connectivity index (χ1n) is 12.4. The number of amides is 2. The van der Waals surface area contributed by atoms with Crippen molar-refractivity contribution in [1.82, 2.24) is 5.43 Å². The number of aliphatic hydroxyl groups excluding tert-OH is 1. The Morgan fingerprint density at radius 1 is 1.03 bits per heavy atom. The van der Waals surface area contributed by atoms with E-state index >= 15 is 0 Å². The number of ether oxygens (including phenoxy) is 2. The zero-order valence-corrected chi connectivity index (χ0v) is 22.5. The van der Waals surface area contributed by atoms with E-state index in [4.69, 9.17) is 14.6 Å². The van der Waals surface area contributed by atoms with E-state index in [0.717, 1.165) is 11.1 Å². The molecule has 39 heavy (non-hydrogen) atoms. The Kier molecular flexibility index (Phi) is 12.3. The fourth-order valence-corrected chi connectivity index (χ4v) is 4.15. The summed E-state index contributed by atoms with van der Waals surface area (Å²) in [5, 5.41) is 15.8. The second-order valence-electron chi connectivity index (χ2n) is 8.35. The van der Waals surface area contributed by atoms with Crippen molar-refractivity contribution in [1.29, 1.82) is 0 Å². The van der Waals surface area contributed by atoms with E-state index < -0.39 is 12.6 Å². The van der Waals surface area contributed by atoms with Gasteiger partial charge in [-0.3, -0.25) is 14.0 Å². The Bertz CT molecular complexity index is 1250. The molecule has 0 aliphatic heterocycles. The van der Waals surface area contributed by atoms with Gasteiger partial charge >= 0.3 is 0 Å². The van der Waals surface area contributed by atoms with Crippen molar-refractivity contribution in [3.8, 4) is 11.5 Å². The highest BCUT2D eigenvalue weighted by Gasteiger charge is 2.16. The molecule has 0 heterocycles. The normalized spacial score (nSPS) is 10.8. The number of nitrogens with one attached hydrogen (secondary N) is 2. The number of thioether (sulfide) groups is 1. The third-order valence-electron chi connectivity index (χ3n) is 5.47. The molecule has 0 aliphatic carbocycles. The smallest absolute Gasteiger partial charge is 0.273 e. The quantitative estimate of drug-likeness (QED) is 0.138. The fraction of sp³-hybridized carbons (Fsp3) is 0.276. The molecule has 3 N–H and O–H groups in total. The SMILES string of the molecule is COc1ccc(C=NNC(=O)c2cc(OCCCCF)ccc2NC(=O)c2cccc(CSCCO)c2)cc1. The van der Waals surface area contributed by atoms with Crippen LogP contribution in [0, 0.1) is 0 Å². The molecule has 0 spiro atoms. The number of hydrazone groups is 1. The van der Waals surface area contributed by atoms with Gasteiger partial charge in [0.1, 0.15) is 11.5 Å². The molecule has 0 unspecified atom stereocenters. The van der Waals surface area contributed by atoms with Gasteiger partial charge < -0.3 is 19.9 Å². The Balaban J connectivity index is 1.76. The summed E-state index contributed by atoms with van der Waals surface area (Å²) >= 11 is 1.57. The second-order valence-corrected chi connectivity index (χ2v) is 9.46. The number of carbonyl (C=O) groups excluding carboxylic acids is 2. The zero-order chi connectivity index (χ0) is 27.9. The van der Waals surface area contributed by atoms with Crippen molar-refractivity contribution >= 4 is 35.5 Å². The van der Waals surface area contributed by atoms with Crippen LogP contribution >= 0.6 is 11.8 Å². The number of hydrogen-bond acceptors (Lipinski definition) is 7. The number of benzene rings is 3. The standard InChI is InChI=1S/C29H32FN3O5S/c1-37-24-9-7-21(8-10-24)19-31-33-29(36)26-18-25(38-15-3-2-13-30)11-12-27(26)32-28(35)23-6-4-5-22(17-23)20-39-16-14-34/h4-12,17-19,34H,2-3,13-16,20H2,1H3,(H,32,35)(H,33,36). The summed E-state index contributed by atoms with van der Waals surface area (Å²) in [6.07, 6.45) is 2.42. The molecular weight excluding hydrogens is 521 g/mol. The van der Waals surface area contributed by atoms with E-state index in [0.29, 0.717) is 48.0 Å². The predicted molar refractivity (Wildman–Crippen MR) is 153 cm³/mol. The lowest BCUT2D eigenvalue weighted by Crippen LogP contribution is -2.21. The van der Waals surface area contributed by atoms with E-state index in [1.807, 2.05) is 6.07 Å². The van der Waals surface area contributed by atoms with Gasteiger partial charge in [-0.05, 0) is 78.6 Å². The van der Waals surface area contributed by atoms with E-state index in [9.17, 15) is 14.0 Å². The molecule has 0 saturated heterocycles. The highest BCUT2D eigenvalue weighted by atomic mass is 32.2. The van der Waals surface area contributed by atoms with Crippen LogP contribution in [0.5, 0.6) is 11.5 Å². The van der Waals surface area contributed by atoms with Crippen LogP contribution in [0.3, 0.4) is 0 Å². The maximum absolute atomic E-state index is 13.1. The molecule has 0 bridgehead atoms. The van der Waals surface area contributed by atoms with Gasteiger partial charge in [0.2, 0.25) is 0 Å². The molecule has 3 aromatic carbocycles. The summed E-state index contributed by atoms with van der Waals surface area (Å²) < 4.78 is 23.2. The van der Waals surface area contributed by atoms with Crippen molar-refractivity contribution in [2.75, 3.05) is 38.1 Å². The Morgan fingerprint density at radius 3 is 2.56 bits per heavy atom. The summed E-state index contributed by atoms with van der Waals surface area (Å²) in [6, 6.07) is 19.1. The molecule has 0 aliphatic rings. The topological polar surface area (TPSA) is 109 Å². The number of carbonyl (C=O) groups is 2. The van der Waals surface area contributed by atoms with Gasteiger partial charge in [-0.25, -0.2) is 5.43 Å². The third-order valence-corrected chi connectivity index (χ3v) is 6.48. The van der Waals surface area contributed by atoms with Gasteiger partial charge in [-0.15, -0.1) is 0 Å². The number of unbranched alkanes of at least 4 members (excludes halogenated alkanes) is 1. The first-order valence-corrected chi connectivity index (χ1v) is 13.6. The number of halogens is 1. The largest absolute Gasteiger partial charge is 0.497 e. The predicted octanol–water partition coefficient (Wildman–Crippen LogP) is 5.07. The second kappa shape index (κ2) is 16.2.